The summed E-state index contributed by atoms with van der Waals surface area (Å²) in [6.07, 6.45) is 6.23. The molecular formula is C17H16N2O3S. The molecule has 0 unspecified atom stereocenters. The lowest BCUT2D eigenvalue weighted by molar-refractivity contribution is 0.564. The van der Waals surface area contributed by atoms with Gasteiger partial charge < -0.3 is 9.73 Å². The molecular weight excluding hydrogens is 312 g/mol. The molecule has 118 valence electrons. The topological polar surface area (TPSA) is 72.2 Å². The molecule has 2 heterocycles. The Morgan fingerprint density at radius 3 is 2.52 bits per heavy atom. The number of furan rings is 1. The number of sulfone groups is 1. The van der Waals surface area contributed by atoms with Crippen LogP contribution in [0.15, 0.2) is 70.5 Å². The van der Waals surface area contributed by atoms with Crippen LogP contribution in [0.5, 0.6) is 0 Å². The van der Waals surface area contributed by atoms with Crippen molar-refractivity contribution < 1.29 is 12.8 Å². The highest BCUT2D eigenvalue weighted by atomic mass is 32.2. The van der Waals surface area contributed by atoms with E-state index in [0.29, 0.717) is 11.4 Å². The van der Waals surface area contributed by atoms with Crippen LogP contribution < -0.4 is 5.32 Å². The van der Waals surface area contributed by atoms with Crippen molar-refractivity contribution in [1.82, 2.24) is 4.98 Å². The molecule has 0 aliphatic heterocycles. The molecule has 6 heteroatoms. The van der Waals surface area contributed by atoms with Gasteiger partial charge in [0.1, 0.15) is 5.82 Å². The van der Waals surface area contributed by atoms with Crippen molar-refractivity contribution in [2.75, 3.05) is 11.6 Å². The summed E-state index contributed by atoms with van der Waals surface area (Å²) in [7, 11) is -3.18. The molecule has 2 aromatic heterocycles. The van der Waals surface area contributed by atoms with Crippen LogP contribution in [-0.4, -0.2) is 19.7 Å². The summed E-state index contributed by atoms with van der Waals surface area (Å²) < 4.78 is 28.0. The van der Waals surface area contributed by atoms with E-state index >= 15 is 0 Å². The van der Waals surface area contributed by atoms with Gasteiger partial charge in [-0.2, -0.15) is 0 Å². The number of rotatable bonds is 5. The fourth-order valence-electron chi connectivity index (χ4n) is 2.19. The highest BCUT2D eigenvalue weighted by molar-refractivity contribution is 7.90. The molecule has 0 amide bonds. The zero-order valence-corrected chi connectivity index (χ0v) is 13.4. The predicted molar refractivity (Wildman–Crippen MR) is 88.8 cm³/mol. The van der Waals surface area contributed by atoms with Gasteiger partial charge in [-0.1, -0.05) is 12.1 Å². The zero-order valence-electron chi connectivity index (χ0n) is 12.6. The fourth-order valence-corrected chi connectivity index (χ4v) is 2.82. The van der Waals surface area contributed by atoms with E-state index in [9.17, 15) is 8.42 Å². The largest absolute Gasteiger partial charge is 0.472 e. The number of nitrogens with one attached hydrogen (secondary N) is 1. The van der Waals surface area contributed by atoms with E-state index in [1.165, 1.54) is 6.26 Å². The van der Waals surface area contributed by atoms with E-state index in [1.807, 2.05) is 18.2 Å². The minimum atomic E-state index is -3.18. The summed E-state index contributed by atoms with van der Waals surface area (Å²) in [5.74, 6) is 0.746. The standard InChI is InChI=1S/C17H16N2O3S/c1-23(20,21)16-4-2-14(3-5-16)15-6-8-18-17(10-15)19-11-13-7-9-22-12-13/h2-10,12H,11H2,1H3,(H,18,19). The van der Waals surface area contributed by atoms with Crippen LogP contribution in [0.2, 0.25) is 0 Å². The molecule has 23 heavy (non-hydrogen) atoms. The number of aromatic nitrogens is 1. The van der Waals surface area contributed by atoms with Crippen molar-refractivity contribution in [1.29, 1.82) is 0 Å². The third-order valence-corrected chi connectivity index (χ3v) is 4.56. The van der Waals surface area contributed by atoms with E-state index < -0.39 is 9.84 Å². The minimum absolute atomic E-state index is 0.314. The molecule has 1 aromatic carbocycles. The molecule has 3 rings (SSSR count). The van der Waals surface area contributed by atoms with Crippen molar-refractivity contribution >= 4 is 15.7 Å². The first-order valence-corrected chi connectivity index (χ1v) is 8.93. The Morgan fingerprint density at radius 1 is 1.09 bits per heavy atom. The summed E-state index contributed by atoms with van der Waals surface area (Å²) in [4.78, 5) is 4.60. The number of hydrogen-bond donors (Lipinski definition) is 1. The number of hydrogen-bond acceptors (Lipinski definition) is 5. The molecule has 0 atom stereocenters. The van der Waals surface area contributed by atoms with Crippen molar-refractivity contribution in [2.24, 2.45) is 0 Å². The second-order valence-electron chi connectivity index (χ2n) is 5.21. The van der Waals surface area contributed by atoms with Crippen LogP contribution in [-0.2, 0) is 16.4 Å². The van der Waals surface area contributed by atoms with E-state index in [-0.39, 0.29) is 0 Å². The Bertz CT molecular complexity index is 886. The molecule has 0 radical (unpaired) electrons. The van der Waals surface area contributed by atoms with E-state index in [0.717, 1.165) is 22.5 Å². The van der Waals surface area contributed by atoms with Gasteiger partial charge in [-0.15, -0.1) is 0 Å². The Kier molecular flexibility index (Phi) is 4.16. The van der Waals surface area contributed by atoms with E-state index in [2.05, 4.69) is 10.3 Å². The first kappa shape index (κ1) is 15.3. The summed E-state index contributed by atoms with van der Waals surface area (Å²) in [6.45, 7) is 0.625. The van der Waals surface area contributed by atoms with Gasteiger partial charge >= 0.3 is 0 Å². The molecule has 1 N–H and O–H groups in total. The summed E-state index contributed by atoms with van der Waals surface area (Å²) >= 11 is 0. The van der Waals surface area contributed by atoms with Crippen LogP contribution in [0.3, 0.4) is 0 Å². The molecule has 0 saturated heterocycles. The average Bonchev–Trinajstić information content (AvgIpc) is 3.06. The smallest absolute Gasteiger partial charge is 0.175 e. The zero-order chi connectivity index (χ0) is 16.3. The number of nitrogens with zero attached hydrogens (tertiary/aromatic N) is 1. The highest BCUT2D eigenvalue weighted by Gasteiger charge is 2.07. The lowest BCUT2D eigenvalue weighted by atomic mass is 10.1. The molecule has 0 aliphatic rings. The third-order valence-electron chi connectivity index (χ3n) is 3.43. The van der Waals surface area contributed by atoms with Gasteiger partial charge in [-0.3, -0.25) is 0 Å². The van der Waals surface area contributed by atoms with Crippen molar-refractivity contribution in [3.8, 4) is 11.1 Å². The lowest BCUT2D eigenvalue weighted by Crippen LogP contribution is -2.00. The Balaban J connectivity index is 1.79. The molecule has 0 bridgehead atoms. The van der Waals surface area contributed by atoms with Gasteiger partial charge in [0.2, 0.25) is 0 Å². The summed E-state index contributed by atoms with van der Waals surface area (Å²) in [5, 5.41) is 3.23. The summed E-state index contributed by atoms with van der Waals surface area (Å²) in [6, 6.07) is 12.5. The van der Waals surface area contributed by atoms with Crippen molar-refractivity contribution in [3.63, 3.8) is 0 Å². The Hall–Kier alpha value is -2.60. The van der Waals surface area contributed by atoms with Gasteiger partial charge in [-0.25, -0.2) is 13.4 Å². The van der Waals surface area contributed by atoms with Gasteiger partial charge in [-0.05, 0) is 41.5 Å². The highest BCUT2D eigenvalue weighted by Crippen LogP contribution is 2.23. The van der Waals surface area contributed by atoms with E-state index in [4.69, 9.17) is 4.42 Å². The molecule has 0 aliphatic carbocycles. The Labute approximate surface area is 134 Å². The molecule has 0 fully saturated rings. The van der Waals surface area contributed by atoms with Gasteiger partial charge in [0.05, 0.1) is 17.4 Å². The maximum absolute atomic E-state index is 11.5. The maximum Gasteiger partial charge on any atom is 0.175 e. The van der Waals surface area contributed by atoms with Gasteiger partial charge in [0.25, 0.3) is 0 Å². The first-order valence-electron chi connectivity index (χ1n) is 7.04. The molecule has 3 aromatic rings. The fraction of sp³-hybridized carbons (Fsp3) is 0.118. The van der Waals surface area contributed by atoms with Gasteiger partial charge in [0.15, 0.2) is 9.84 Å². The Morgan fingerprint density at radius 2 is 1.87 bits per heavy atom. The average molecular weight is 328 g/mol. The van der Waals surface area contributed by atoms with Crippen LogP contribution in [0.25, 0.3) is 11.1 Å². The second-order valence-corrected chi connectivity index (χ2v) is 7.23. The monoisotopic (exact) mass is 328 g/mol. The first-order chi connectivity index (χ1) is 11.0. The predicted octanol–water partition coefficient (Wildman–Crippen LogP) is 3.36. The SMILES string of the molecule is CS(=O)(=O)c1ccc(-c2ccnc(NCc3ccoc3)c2)cc1. The lowest BCUT2D eigenvalue weighted by Gasteiger charge is -2.07. The van der Waals surface area contributed by atoms with Gasteiger partial charge in [0, 0.05) is 24.6 Å². The minimum Gasteiger partial charge on any atom is -0.472 e. The van der Waals surface area contributed by atoms with Crippen molar-refractivity contribution in [2.45, 2.75) is 11.4 Å². The quantitative estimate of drug-likeness (QED) is 0.777. The van der Waals surface area contributed by atoms with Crippen LogP contribution in [0, 0.1) is 0 Å². The molecule has 5 nitrogen and oxygen atoms in total. The van der Waals surface area contributed by atoms with Crippen molar-refractivity contribution in [3.05, 3.63) is 66.8 Å². The number of pyridine rings is 1. The second kappa shape index (κ2) is 6.26. The number of anilines is 1. The molecule has 0 saturated carbocycles. The van der Waals surface area contributed by atoms with Crippen LogP contribution in [0.4, 0.5) is 5.82 Å². The van der Waals surface area contributed by atoms with E-state index in [1.54, 1.807) is 43.0 Å². The normalized spacial score (nSPS) is 11.3. The third kappa shape index (κ3) is 3.78. The summed E-state index contributed by atoms with van der Waals surface area (Å²) in [5.41, 5.74) is 2.94. The number of benzene rings is 1. The molecule has 0 spiro atoms. The maximum atomic E-state index is 11.5. The van der Waals surface area contributed by atoms with Crippen LogP contribution in [0.1, 0.15) is 5.56 Å². The van der Waals surface area contributed by atoms with Crippen LogP contribution >= 0.6 is 0 Å².